The van der Waals surface area contributed by atoms with Crippen LogP contribution in [0.25, 0.3) is 10.8 Å². The van der Waals surface area contributed by atoms with Gasteiger partial charge in [-0.05, 0) is 24.4 Å². The van der Waals surface area contributed by atoms with Gasteiger partial charge in [0.2, 0.25) is 0 Å². The highest BCUT2D eigenvalue weighted by Gasteiger charge is 2.12. The molecule has 0 atom stereocenters. The van der Waals surface area contributed by atoms with Crippen LogP contribution in [0.4, 0.5) is 0 Å². The average molecular weight is 273 g/mol. The van der Waals surface area contributed by atoms with Crippen molar-refractivity contribution in [1.29, 1.82) is 0 Å². The van der Waals surface area contributed by atoms with Crippen molar-refractivity contribution in [2.45, 2.75) is 19.9 Å². The molecule has 0 N–H and O–H groups in total. The Bertz CT molecular complexity index is 702. The van der Waals surface area contributed by atoms with Gasteiger partial charge in [-0.2, -0.15) is 0 Å². The fourth-order valence-electron chi connectivity index (χ4n) is 1.97. The van der Waals surface area contributed by atoms with Crippen molar-refractivity contribution in [2.24, 2.45) is 0 Å². The fourth-order valence-corrected chi connectivity index (χ4v) is 1.97. The third-order valence-corrected chi connectivity index (χ3v) is 2.88. The molecule has 0 amide bonds. The minimum Gasteiger partial charge on any atom is -0.466 e. The molecule has 104 valence electrons. The number of nitrogens with zero attached hydrogens (tertiary/aromatic N) is 1. The van der Waals surface area contributed by atoms with E-state index in [1.165, 1.54) is 4.57 Å². The number of fused-ring (bicyclic) bond motifs is 1. The van der Waals surface area contributed by atoms with E-state index >= 15 is 0 Å². The molecule has 0 saturated heterocycles. The second-order valence-corrected chi connectivity index (χ2v) is 4.36. The van der Waals surface area contributed by atoms with Crippen LogP contribution in [0.15, 0.2) is 41.3 Å². The number of Topliss-reactive ketones (excluding diaryl/α,β-unsaturated/α-hetero) is 1. The summed E-state index contributed by atoms with van der Waals surface area (Å²) in [6.45, 7) is 1.79. The zero-order chi connectivity index (χ0) is 14.5. The molecule has 20 heavy (non-hydrogen) atoms. The average Bonchev–Trinajstić information content (AvgIpc) is 2.42. The number of esters is 1. The molecular formula is C15H15NO4. The Kier molecular flexibility index (Phi) is 4.30. The summed E-state index contributed by atoms with van der Waals surface area (Å²) in [5.41, 5.74) is -0.236. The molecule has 0 aliphatic rings. The van der Waals surface area contributed by atoms with Gasteiger partial charge in [0.15, 0.2) is 5.78 Å². The second-order valence-electron chi connectivity index (χ2n) is 4.36. The number of rotatable bonds is 5. The Hall–Kier alpha value is -2.43. The van der Waals surface area contributed by atoms with Gasteiger partial charge in [0.25, 0.3) is 5.56 Å². The lowest BCUT2D eigenvalue weighted by atomic mass is 10.2. The van der Waals surface area contributed by atoms with Gasteiger partial charge in [-0.15, -0.1) is 0 Å². The van der Waals surface area contributed by atoms with Gasteiger partial charge in [-0.25, -0.2) is 0 Å². The number of carbonyl (C=O) groups is 2. The van der Waals surface area contributed by atoms with E-state index in [0.717, 1.165) is 5.39 Å². The zero-order valence-electron chi connectivity index (χ0n) is 11.2. The van der Waals surface area contributed by atoms with Crippen molar-refractivity contribution in [3.63, 3.8) is 0 Å². The molecule has 5 heteroatoms. The first-order chi connectivity index (χ1) is 9.61. The molecular weight excluding hydrogens is 258 g/mol. The van der Waals surface area contributed by atoms with Crippen LogP contribution >= 0.6 is 0 Å². The maximum atomic E-state index is 12.2. The molecule has 0 unspecified atom stereocenters. The van der Waals surface area contributed by atoms with Crippen molar-refractivity contribution in [3.05, 3.63) is 46.9 Å². The highest BCUT2D eigenvalue weighted by molar-refractivity contribution is 5.95. The van der Waals surface area contributed by atoms with E-state index < -0.39 is 5.97 Å². The van der Waals surface area contributed by atoms with E-state index in [4.69, 9.17) is 4.74 Å². The van der Waals surface area contributed by atoms with E-state index in [1.807, 2.05) is 12.1 Å². The molecule has 1 aromatic carbocycles. The van der Waals surface area contributed by atoms with E-state index in [2.05, 4.69) is 0 Å². The van der Waals surface area contributed by atoms with Crippen molar-refractivity contribution >= 4 is 22.5 Å². The van der Waals surface area contributed by atoms with Gasteiger partial charge in [-0.3, -0.25) is 14.4 Å². The van der Waals surface area contributed by atoms with Crippen LogP contribution in [-0.4, -0.2) is 22.9 Å². The van der Waals surface area contributed by atoms with Gasteiger partial charge < -0.3 is 9.30 Å². The minimum absolute atomic E-state index is 0.123. The summed E-state index contributed by atoms with van der Waals surface area (Å²) in [6, 6.07) is 8.94. The lowest BCUT2D eigenvalue weighted by molar-refractivity contribution is -0.145. The number of benzene rings is 1. The fraction of sp³-hybridized carbons (Fsp3) is 0.267. The van der Waals surface area contributed by atoms with Crippen LogP contribution in [0.1, 0.15) is 13.3 Å². The molecule has 0 spiro atoms. The molecule has 5 nitrogen and oxygen atoms in total. The SMILES string of the molecule is CCOC(=O)CC(=O)Cn1ccc2ccccc2c1=O. The number of ketones is 1. The summed E-state index contributed by atoms with van der Waals surface area (Å²) in [5, 5.41) is 1.38. The third-order valence-electron chi connectivity index (χ3n) is 2.88. The Morgan fingerprint density at radius 1 is 1.20 bits per heavy atom. The Morgan fingerprint density at radius 3 is 2.70 bits per heavy atom. The summed E-state index contributed by atoms with van der Waals surface area (Å²) in [6.07, 6.45) is 1.25. The van der Waals surface area contributed by atoms with E-state index in [0.29, 0.717) is 5.39 Å². The van der Waals surface area contributed by atoms with Gasteiger partial charge in [0.05, 0.1) is 13.2 Å². The number of hydrogen-bond acceptors (Lipinski definition) is 4. The van der Waals surface area contributed by atoms with Gasteiger partial charge in [0.1, 0.15) is 6.42 Å². The lowest BCUT2D eigenvalue weighted by Crippen LogP contribution is -2.25. The molecule has 2 rings (SSSR count). The molecule has 0 fully saturated rings. The first-order valence-corrected chi connectivity index (χ1v) is 6.37. The normalized spacial score (nSPS) is 10.4. The summed E-state index contributed by atoms with van der Waals surface area (Å²) >= 11 is 0. The summed E-state index contributed by atoms with van der Waals surface area (Å²) in [7, 11) is 0. The molecule has 0 bridgehead atoms. The molecule has 0 saturated carbocycles. The molecule has 0 aliphatic heterocycles. The lowest BCUT2D eigenvalue weighted by Gasteiger charge is -2.06. The van der Waals surface area contributed by atoms with Crippen LogP contribution in [-0.2, 0) is 20.9 Å². The zero-order valence-corrected chi connectivity index (χ0v) is 11.2. The molecule has 0 aliphatic carbocycles. The smallest absolute Gasteiger partial charge is 0.313 e. The van der Waals surface area contributed by atoms with E-state index in [1.54, 1.807) is 31.3 Å². The van der Waals surface area contributed by atoms with Crippen LogP contribution in [0, 0.1) is 0 Å². The number of hydrogen-bond donors (Lipinski definition) is 0. The van der Waals surface area contributed by atoms with Crippen molar-refractivity contribution in [3.8, 4) is 0 Å². The third kappa shape index (κ3) is 3.12. The van der Waals surface area contributed by atoms with Gasteiger partial charge in [-0.1, -0.05) is 18.2 Å². The van der Waals surface area contributed by atoms with Crippen molar-refractivity contribution in [2.75, 3.05) is 6.61 Å². The first kappa shape index (κ1) is 14.0. The number of pyridine rings is 1. The number of aromatic nitrogens is 1. The molecule has 0 radical (unpaired) electrons. The highest BCUT2D eigenvalue weighted by atomic mass is 16.5. The quantitative estimate of drug-likeness (QED) is 0.612. The largest absolute Gasteiger partial charge is 0.466 e. The van der Waals surface area contributed by atoms with E-state index in [9.17, 15) is 14.4 Å². The molecule has 1 aromatic heterocycles. The summed E-state index contributed by atoms with van der Waals surface area (Å²) < 4.78 is 6.01. The topological polar surface area (TPSA) is 65.4 Å². The highest BCUT2D eigenvalue weighted by Crippen LogP contribution is 2.08. The first-order valence-electron chi connectivity index (χ1n) is 6.37. The van der Waals surface area contributed by atoms with Crippen molar-refractivity contribution < 1.29 is 14.3 Å². The standard InChI is InChI=1S/C15H15NO4/c1-2-20-14(18)9-12(17)10-16-8-7-11-5-3-4-6-13(11)15(16)19/h3-8H,2,9-10H2,1H3. The summed E-state index contributed by atoms with van der Waals surface area (Å²) in [5.74, 6) is -0.910. The number of ether oxygens (including phenoxy) is 1. The minimum atomic E-state index is -0.564. The van der Waals surface area contributed by atoms with Crippen LogP contribution in [0.5, 0.6) is 0 Å². The van der Waals surface area contributed by atoms with Crippen molar-refractivity contribution in [1.82, 2.24) is 4.57 Å². The predicted molar refractivity (Wildman–Crippen MR) is 74.5 cm³/mol. The molecule has 1 heterocycles. The maximum Gasteiger partial charge on any atom is 0.313 e. The van der Waals surface area contributed by atoms with Crippen LogP contribution < -0.4 is 5.56 Å². The maximum absolute atomic E-state index is 12.2. The van der Waals surface area contributed by atoms with Gasteiger partial charge >= 0.3 is 5.97 Å². The van der Waals surface area contributed by atoms with E-state index in [-0.39, 0.29) is 30.9 Å². The second kappa shape index (κ2) is 6.14. The Balaban J connectivity index is 2.18. The van der Waals surface area contributed by atoms with Crippen LogP contribution in [0.2, 0.25) is 0 Å². The Labute approximate surface area is 115 Å². The number of carbonyl (C=O) groups excluding carboxylic acids is 2. The van der Waals surface area contributed by atoms with Crippen LogP contribution in [0.3, 0.4) is 0 Å². The monoisotopic (exact) mass is 273 g/mol. The summed E-state index contributed by atoms with van der Waals surface area (Å²) in [4.78, 5) is 35.1. The van der Waals surface area contributed by atoms with Gasteiger partial charge in [0, 0.05) is 11.6 Å². The Morgan fingerprint density at radius 2 is 1.95 bits per heavy atom. The molecule has 2 aromatic rings. The predicted octanol–water partition coefficient (Wildman–Crippen LogP) is 1.52.